The van der Waals surface area contributed by atoms with Gasteiger partial charge >= 0.3 is 0 Å². The number of rotatable bonds is 5. The summed E-state index contributed by atoms with van der Waals surface area (Å²) >= 11 is 0. The van der Waals surface area contributed by atoms with E-state index < -0.39 is 0 Å². The molecule has 1 aliphatic heterocycles. The van der Waals surface area contributed by atoms with Crippen molar-refractivity contribution in [2.45, 2.75) is 32.3 Å². The molecule has 0 aromatic heterocycles. The van der Waals surface area contributed by atoms with Crippen LogP contribution in [0, 0.1) is 5.92 Å². The fourth-order valence-corrected chi connectivity index (χ4v) is 2.00. The lowest BCUT2D eigenvalue weighted by molar-refractivity contribution is -0.130. The maximum absolute atomic E-state index is 11.4. The Labute approximate surface area is 98.3 Å². The number of likely N-dealkylation sites (tertiary alicyclic amines) is 1. The monoisotopic (exact) mass is 228 g/mol. The van der Waals surface area contributed by atoms with Crippen LogP contribution >= 0.6 is 0 Å². The molecule has 0 bridgehead atoms. The van der Waals surface area contributed by atoms with Crippen LogP contribution in [0.1, 0.15) is 26.2 Å². The van der Waals surface area contributed by atoms with E-state index >= 15 is 0 Å². The van der Waals surface area contributed by atoms with Gasteiger partial charge in [-0.2, -0.15) is 0 Å². The van der Waals surface area contributed by atoms with Crippen molar-refractivity contribution in [1.29, 1.82) is 0 Å². The van der Waals surface area contributed by atoms with Crippen LogP contribution in [0.25, 0.3) is 0 Å². The number of methoxy groups -OCH3 is 1. The van der Waals surface area contributed by atoms with Gasteiger partial charge in [-0.1, -0.05) is 0 Å². The first-order valence-corrected chi connectivity index (χ1v) is 6.12. The van der Waals surface area contributed by atoms with Gasteiger partial charge in [-0.25, -0.2) is 0 Å². The molecule has 1 heterocycles. The van der Waals surface area contributed by atoms with E-state index in [-0.39, 0.29) is 12.0 Å². The predicted octanol–water partition coefficient (Wildman–Crippen LogP) is 0.869. The summed E-state index contributed by atoms with van der Waals surface area (Å²) in [4.78, 5) is 13.8. The van der Waals surface area contributed by atoms with Crippen LogP contribution in [0.5, 0.6) is 0 Å². The van der Waals surface area contributed by atoms with Crippen LogP contribution in [0.15, 0.2) is 0 Å². The Morgan fingerprint density at radius 1 is 1.50 bits per heavy atom. The Hall–Kier alpha value is -0.610. The standard InChI is InChI=1S/C12H24N2O2/c1-10(16-3)12(15)13-7-4-11-5-8-14(2)9-6-11/h10-11H,4-9H2,1-3H3,(H,13,15). The summed E-state index contributed by atoms with van der Waals surface area (Å²) in [5.74, 6) is 0.768. The lowest BCUT2D eigenvalue weighted by atomic mass is 9.94. The molecule has 16 heavy (non-hydrogen) atoms. The third-order valence-corrected chi connectivity index (χ3v) is 3.41. The lowest BCUT2D eigenvalue weighted by Gasteiger charge is -2.28. The van der Waals surface area contributed by atoms with Gasteiger partial charge < -0.3 is 15.0 Å². The molecule has 94 valence electrons. The van der Waals surface area contributed by atoms with Gasteiger partial charge in [0.25, 0.3) is 0 Å². The van der Waals surface area contributed by atoms with Gasteiger partial charge in [-0.05, 0) is 52.2 Å². The van der Waals surface area contributed by atoms with E-state index in [0.29, 0.717) is 0 Å². The molecule has 1 fully saturated rings. The molecule has 0 radical (unpaired) electrons. The Morgan fingerprint density at radius 2 is 2.12 bits per heavy atom. The van der Waals surface area contributed by atoms with E-state index in [9.17, 15) is 4.79 Å². The highest BCUT2D eigenvalue weighted by molar-refractivity contribution is 5.80. The topological polar surface area (TPSA) is 41.6 Å². The molecule has 1 unspecified atom stereocenters. The van der Waals surface area contributed by atoms with Crippen molar-refractivity contribution in [1.82, 2.24) is 10.2 Å². The molecule has 1 atom stereocenters. The number of carbonyl (C=O) groups is 1. The van der Waals surface area contributed by atoms with Gasteiger partial charge in [-0.15, -0.1) is 0 Å². The summed E-state index contributed by atoms with van der Waals surface area (Å²) in [6.07, 6.45) is 3.27. The van der Waals surface area contributed by atoms with E-state index in [0.717, 1.165) is 18.9 Å². The first-order valence-electron chi connectivity index (χ1n) is 6.12. The number of carbonyl (C=O) groups excluding carboxylic acids is 1. The fraction of sp³-hybridized carbons (Fsp3) is 0.917. The summed E-state index contributed by atoms with van der Waals surface area (Å²) in [5.41, 5.74) is 0. The van der Waals surface area contributed by atoms with Crippen molar-refractivity contribution in [3.8, 4) is 0 Å². The number of hydrogen-bond acceptors (Lipinski definition) is 3. The molecule has 4 heteroatoms. The minimum absolute atomic E-state index is 0.00423. The van der Waals surface area contributed by atoms with E-state index in [4.69, 9.17) is 4.74 Å². The van der Waals surface area contributed by atoms with Crippen LogP contribution in [0.3, 0.4) is 0 Å². The van der Waals surface area contributed by atoms with Gasteiger partial charge in [0.2, 0.25) is 5.91 Å². The minimum atomic E-state index is -0.336. The predicted molar refractivity (Wildman–Crippen MR) is 64.3 cm³/mol. The molecule has 0 aliphatic carbocycles. The van der Waals surface area contributed by atoms with Gasteiger partial charge in [0.1, 0.15) is 6.10 Å². The zero-order chi connectivity index (χ0) is 12.0. The average molecular weight is 228 g/mol. The van der Waals surface area contributed by atoms with Crippen molar-refractivity contribution in [3.63, 3.8) is 0 Å². The van der Waals surface area contributed by atoms with E-state index in [1.807, 2.05) is 0 Å². The first kappa shape index (κ1) is 13.5. The molecule has 0 spiro atoms. The highest BCUT2D eigenvalue weighted by Gasteiger charge is 2.17. The second kappa shape index (κ2) is 6.86. The van der Waals surface area contributed by atoms with Gasteiger partial charge in [-0.3, -0.25) is 4.79 Å². The van der Waals surface area contributed by atoms with Crippen LogP contribution < -0.4 is 5.32 Å². The van der Waals surface area contributed by atoms with E-state index in [1.165, 1.54) is 25.9 Å². The molecule has 4 nitrogen and oxygen atoms in total. The number of nitrogens with zero attached hydrogens (tertiary/aromatic N) is 1. The zero-order valence-corrected chi connectivity index (χ0v) is 10.7. The van der Waals surface area contributed by atoms with Crippen LogP contribution in [0.2, 0.25) is 0 Å². The van der Waals surface area contributed by atoms with Crippen molar-refractivity contribution in [2.24, 2.45) is 5.92 Å². The highest BCUT2D eigenvalue weighted by Crippen LogP contribution is 2.18. The SMILES string of the molecule is COC(C)C(=O)NCCC1CCN(C)CC1. The fourth-order valence-electron chi connectivity index (χ4n) is 2.00. The Balaban J connectivity index is 2.09. The summed E-state index contributed by atoms with van der Waals surface area (Å²) in [6, 6.07) is 0. The molecule has 0 aromatic carbocycles. The largest absolute Gasteiger partial charge is 0.372 e. The number of nitrogens with one attached hydrogen (secondary N) is 1. The van der Waals surface area contributed by atoms with Crippen molar-refractivity contribution in [2.75, 3.05) is 33.8 Å². The van der Waals surface area contributed by atoms with E-state index in [2.05, 4.69) is 17.3 Å². The van der Waals surface area contributed by atoms with Gasteiger partial charge in [0.05, 0.1) is 0 Å². The maximum atomic E-state index is 11.4. The lowest BCUT2D eigenvalue weighted by Crippen LogP contribution is -2.36. The molecular weight excluding hydrogens is 204 g/mol. The maximum Gasteiger partial charge on any atom is 0.248 e. The first-order chi connectivity index (χ1) is 7.63. The van der Waals surface area contributed by atoms with Crippen molar-refractivity contribution >= 4 is 5.91 Å². The van der Waals surface area contributed by atoms with Gasteiger partial charge in [0, 0.05) is 13.7 Å². The van der Waals surface area contributed by atoms with Crippen molar-refractivity contribution in [3.05, 3.63) is 0 Å². The third kappa shape index (κ3) is 4.49. The Morgan fingerprint density at radius 3 is 2.69 bits per heavy atom. The molecule has 1 amide bonds. The van der Waals surface area contributed by atoms with E-state index in [1.54, 1.807) is 14.0 Å². The van der Waals surface area contributed by atoms with Gasteiger partial charge in [0.15, 0.2) is 0 Å². The van der Waals surface area contributed by atoms with Crippen molar-refractivity contribution < 1.29 is 9.53 Å². The third-order valence-electron chi connectivity index (χ3n) is 3.41. The normalized spacial score (nSPS) is 20.7. The average Bonchev–Trinajstić information content (AvgIpc) is 2.30. The number of ether oxygens (including phenoxy) is 1. The molecule has 1 aliphatic rings. The quantitative estimate of drug-likeness (QED) is 0.759. The Kier molecular flexibility index (Phi) is 5.77. The molecule has 1 saturated heterocycles. The molecule has 0 saturated carbocycles. The second-order valence-electron chi connectivity index (χ2n) is 4.70. The molecular formula is C12H24N2O2. The summed E-state index contributed by atoms with van der Waals surface area (Å²) in [6.45, 7) is 4.92. The number of piperidine rings is 1. The number of hydrogen-bond donors (Lipinski definition) is 1. The summed E-state index contributed by atoms with van der Waals surface area (Å²) < 4.78 is 4.95. The summed E-state index contributed by atoms with van der Waals surface area (Å²) in [5, 5.41) is 2.91. The zero-order valence-electron chi connectivity index (χ0n) is 10.7. The van der Waals surface area contributed by atoms with Crippen LogP contribution in [-0.4, -0.2) is 50.7 Å². The Bertz CT molecular complexity index is 213. The molecule has 0 aromatic rings. The van der Waals surface area contributed by atoms with Crippen LogP contribution in [-0.2, 0) is 9.53 Å². The molecule has 1 rings (SSSR count). The highest BCUT2D eigenvalue weighted by atomic mass is 16.5. The second-order valence-corrected chi connectivity index (χ2v) is 4.70. The van der Waals surface area contributed by atoms with Crippen LogP contribution in [0.4, 0.5) is 0 Å². The number of amides is 1. The smallest absolute Gasteiger partial charge is 0.248 e. The molecule has 1 N–H and O–H groups in total. The summed E-state index contributed by atoms with van der Waals surface area (Å²) in [7, 11) is 3.72. The minimum Gasteiger partial charge on any atom is -0.372 e.